The number of primary amides is 1. The molecule has 2 rings (SSSR count). The second-order valence-electron chi connectivity index (χ2n) is 5.13. The summed E-state index contributed by atoms with van der Waals surface area (Å²) >= 11 is 0. The molecular formula is C15H16FNO6. The summed E-state index contributed by atoms with van der Waals surface area (Å²) in [5, 5.41) is 29.6. The van der Waals surface area contributed by atoms with Crippen molar-refractivity contribution in [2.24, 2.45) is 5.73 Å². The van der Waals surface area contributed by atoms with Gasteiger partial charge < -0.3 is 25.5 Å². The van der Waals surface area contributed by atoms with Crippen LogP contribution >= 0.6 is 0 Å². The lowest BCUT2D eigenvalue weighted by molar-refractivity contribution is -0.127. The van der Waals surface area contributed by atoms with Gasteiger partial charge in [-0.05, 0) is 17.7 Å². The summed E-state index contributed by atoms with van der Waals surface area (Å²) in [6, 6.07) is 7.06. The van der Waals surface area contributed by atoms with Gasteiger partial charge >= 0.3 is 5.63 Å². The van der Waals surface area contributed by atoms with Crippen LogP contribution in [-0.2, 0) is 4.79 Å². The van der Waals surface area contributed by atoms with Crippen LogP contribution in [0.4, 0.5) is 4.39 Å². The Morgan fingerprint density at radius 2 is 1.83 bits per heavy atom. The topological polar surface area (TPSA) is 134 Å². The van der Waals surface area contributed by atoms with E-state index >= 15 is 0 Å². The van der Waals surface area contributed by atoms with Crippen LogP contribution in [0.2, 0.25) is 0 Å². The summed E-state index contributed by atoms with van der Waals surface area (Å²) in [6.45, 7) is -1.30. The van der Waals surface area contributed by atoms with Gasteiger partial charge in [-0.25, -0.2) is 9.18 Å². The number of nitrogens with two attached hydrogens (primary N) is 1. The normalized spacial score (nSPS) is 16.7. The Hall–Kier alpha value is -2.29. The van der Waals surface area contributed by atoms with E-state index in [4.69, 9.17) is 10.2 Å². The van der Waals surface area contributed by atoms with Gasteiger partial charge in [0.05, 0.1) is 12.0 Å². The summed E-state index contributed by atoms with van der Waals surface area (Å²) in [5.41, 5.74) is 4.97. The lowest BCUT2D eigenvalue weighted by Crippen LogP contribution is -2.45. The van der Waals surface area contributed by atoms with Crippen molar-refractivity contribution in [1.82, 2.24) is 0 Å². The first-order valence-electron chi connectivity index (χ1n) is 6.78. The van der Waals surface area contributed by atoms with Gasteiger partial charge in [0.1, 0.15) is 24.5 Å². The van der Waals surface area contributed by atoms with Gasteiger partial charge in [-0.3, -0.25) is 4.79 Å². The van der Waals surface area contributed by atoms with Gasteiger partial charge in [0.15, 0.2) is 0 Å². The molecule has 4 atom stereocenters. The number of benzene rings is 1. The van der Waals surface area contributed by atoms with E-state index in [2.05, 4.69) is 0 Å². The molecule has 0 unspecified atom stereocenters. The summed E-state index contributed by atoms with van der Waals surface area (Å²) in [6.07, 6.45) is -5.59. The van der Waals surface area contributed by atoms with E-state index in [0.717, 1.165) is 0 Å². The van der Waals surface area contributed by atoms with Gasteiger partial charge in [-0.15, -0.1) is 0 Å². The molecule has 0 aliphatic heterocycles. The van der Waals surface area contributed by atoms with Crippen molar-refractivity contribution in [3.8, 4) is 0 Å². The number of hydrogen-bond donors (Lipinski definition) is 4. The highest BCUT2D eigenvalue weighted by atomic mass is 19.1. The number of amides is 1. The van der Waals surface area contributed by atoms with Crippen molar-refractivity contribution < 1.29 is 28.9 Å². The van der Waals surface area contributed by atoms with Crippen LogP contribution in [0.1, 0.15) is 11.5 Å². The van der Waals surface area contributed by atoms with Gasteiger partial charge in [-0.1, -0.05) is 12.1 Å². The molecule has 1 heterocycles. The van der Waals surface area contributed by atoms with E-state index in [1.165, 1.54) is 30.3 Å². The van der Waals surface area contributed by atoms with E-state index in [1.807, 2.05) is 0 Å². The average Bonchev–Trinajstić information content (AvgIpc) is 2.52. The van der Waals surface area contributed by atoms with Gasteiger partial charge in [0.2, 0.25) is 5.91 Å². The zero-order valence-corrected chi connectivity index (χ0v) is 11.9. The Bertz CT molecular complexity index is 761. The predicted octanol–water partition coefficient (Wildman–Crippen LogP) is -0.586. The zero-order valence-electron chi connectivity index (χ0n) is 11.9. The van der Waals surface area contributed by atoms with Crippen molar-refractivity contribution >= 4 is 16.9 Å². The first-order chi connectivity index (χ1) is 10.8. The molecule has 0 fully saturated rings. The number of carbonyl (C=O) groups excluding carboxylic acids is 1. The van der Waals surface area contributed by atoms with E-state index in [-0.39, 0.29) is 11.1 Å². The number of aliphatic hydroxyl groups is 3. The highest BCUT2D eigenvalue weighted by Gasteiger charge is 2.35. The summed E-state index contributed by atoms with van der Waals surface area (Å²) in [4.78, 5) is 22.9. The number of alkyl halides is 1. The van der Waals surface area contributed by atoms with Crippen molar-refractivity contribution in [1.29, 1.82) is 0 Å². The molecule has 1 aromatic carbocycles. The molecule has 0 aliphatic rings. The largest absolute Gasteiger partial charge is 0.423 e. The molecule has 2 aromatic rings. The maximum absolute atomic E-state index is 12.4. The Labute approximate surface area is 129 Å². The number of rotatable bonds is 6. The second-order valence-corrected chi connectivity index (χ2v) is 5.13. The average molecular weight is 325 g/mol. The lowest BCUT2D eigenvalue weighted by Gasteiger charge is -2.27. The SMILES string of the molecule is NC(=O)[C@H](c1ccc2ccc(=O)oc2c1)[C@@H](O)[C@H](O)[C@H](O)CF. The zero-order chi connectivity index (χ0) is 17.1. The third-order valence-electron chi connectivity index (χ3n) is 3.56. The fourth-order valence-corrected chi connectivity index (χ4v) is 2.32. The lowest BCUT2D eigenvalue weighted by atomic mass is 9.87. The minimum atomic E-state index is -1.91. The predicted molar refractivity (Wildman–Crippen MR) is 78.4 cm³/mol. The molecule has 124 valence electrons. The molecule has 5 N–H and O–H groups in total. The molecule has 0 saturated carbocycles. The number of carbonyl (C=O) groups is 1. The fourth-order valence-electron chi connectivity index (χ4n) is 2.32. The summed E-state index contributed by atoms with van der Waals surface area (Å²) < 4.78 is 17.4. The van der Waals surface area contributed by atoms with Crippen LogP contribution in [-0.4, -0.2) is 46.2 Å². The number of hydrogen-bond acceptors (Lipinski definition) is 6. The number of halogens is 1. The van der Waals surface area contributed by atoms with E-state index < -0.39 is 42.4 Å². The molecule has 1 amide bonds. The van der Waals surface area contributed by atoms with Gasteiger partial charge in [-0.2, -0.15) is 0 Å². The number of fused-ring (bicyclic) bond motifs is 1. The molecule has 23 heavy (non-hydrogen) atoms. The summed E-state index contributed by atoms with van der Waals surface area (Å²) in [5.74, 6) is -2.40. The molecule has 0 saturated heterocycles. The van der Waals surface area contributed by atoms with Crippen LogP contribution in [0.15, 0.2) is 39.5 Å². The first kappa shape index (κ1) is 17.1. The van der Waals surface area contributed by atoms with Crippen molar-refractivity contribution in [2.45, 2.75) is 24.2 Å². The van der Waals surface area contributed by atoms with E-state index in [1.54, 1.807) is 0 Å². The highest BCUT2D eigenvalue weighted by molar-refractivity contribution is 5.85. The Balaban J connectivity index is 2.45. The molecule has 7 nitrogen and oxygen atoms in total. The Morgan fingerprint density at radius 3 is 2.43 bits per heavy atom. The van der Waals surface area contributed by atoms with Crippen molar-refractivity contribution in [3.63, 3.8) is 0 Å². The van der Waals surface area contributed by atoms with Crippen molar-refractivity contribution in [3.05, 3.63) is 46.3 Å². The quantitative estimate of drug-likeness (QED) is 0.525. The van der Waals surface area contributed by atoms with E-state index in [9.17, 15) is 29.3 Å². The smallest absolute Gasteiger partial charge is 0.336 e. The standard InChI is InChI=1S/C15H16FNO6/c16-6-9(18)13(20)14(21)12(15(17)22)8-2-1-7-3-4-11(19)23-10(7)5-8/h1-5,9,12-14,18,20-21H,6H2,(H2,17,22)/t9-,12-,13-,14-/m1/s1. The maximum Gasteiger partial charge on any atom is 0.336 e. The number of aliphatic hydroxyl groups excluding tert-OH is 3. The summed E-state index contributed by atoms with van der Waals surface area (Å²) in [7, 11) is 0. The second kappa shape index (κ2) is 6.86. The van der Waals surface area contributed by atoms with Crippen LogP contribution < -0.4 is 11.4 Å². The Kier molecular flexibility index (Phi) is 5.09. The van der Waals surface area contributed by atoms with Crippen LogP contribution in [0.3, 0.4) is 0 Å². The molecule has 0 spiro atoms. The van der Waals surface area contributed by atoms with Crippen LogP contribution in [0.5, 0.6) is 0 Å². The van der Waals surface area contributed by atoms with Gasteiger partial charge in [0.25, 0.3) is 0 Å². The van der Waals surface area contributed by atoms with Crippen LogP contribution in [0.25, 0.3) is 11.0 Å². The minimum absolute atomic E-state index is 0.161. The minimum Gasteiger partial charge on any atom is -0.423 e. The molecule has 0 bridgehead atoms. The molecule has 0 radical (unpaired) electrons. The molecule has 0 aliphatic carbocycles. The fraction of sp³-hybridized carbons (Fsp3) is 0.333. The molecular weight excluding hydrogens is 309 g/mol. The third-order valence-corrected chi connectivity index (χ3v) is 3.56. The third kappa shape index (κ3) is 3.55. The maximum atomic E-state index is 12.4. The Morgan fingerprint density at radius 1 is 1.17 bits per heavy atom. The first-order valence-corrected chi connectivity index (χ1v) is 6.78. The molecule has 8 heteroatoms. The highest BCUT2D eigenvalue weighted by Crippen LogP contribution is 2.26. The molecule has 1 aromatic heterocycles. The van der Waals surface area contributed by atoms with E-state index in [0.29, 0.717) is 5.39 Å². The monoisotopic (exact) mass is 325 g/mol. The van der Waals surface area contributed by atoms with Crippen molar-refractivity contribution in [2.75, 3.05) is 6.67 Å². The van der Waals surface area contributed by atoms with Gasteiger partial charge in [0, 0.05) is 11.5 Å². The van der Waals surface area contributed by atoms with Crippen LogP contribution in [0, 0.1) is 0 Å².